The number of nitrogens with zero attached hydrogens (tertiary/aromatic N) is 1. The lowest BCUT2D eigenvalue weighted by Crippen LogP contribution is -2.57. The molecular weight excluding hydrogens is 212 g/mol. The molecule has 0 aromatic heterocycles. The summed E-state index contributed by atoms with van der Waals surface area (Å²) < 4.78 is 5.70. The molecule has 3 heteroatoms. The van der Waals surface area contributed by atoms with Crippen molar-refractivity contribution >= 4 is 0 Å². The molecule has 0 aromatic carbocycles. The van der Waals surface area contributed by atoms with Crippen LogP contribution in [-0.2, 0) is 4.74 Å². The summed E-state index contributed by atoms with van der Waals surface area (Å²) in [5.41, 5.74) is 0. The van der Waals surface area contributed by atoms with Crippen molar-refractivity contribution in [2.24, 2.45) is 5.92 Å². The quantitative estimate of drug-likeness (QED) is 0.767. The minimum absolute atomic E-state index is 0.360. The van der Waals surface area contributed by atoms with E-state index in [0.29, 0.717) is 12.1 Å². The number of hydrogen-bond donors (Lipinski definition) is 1. The molecule has 0 bridgehead atoms. The summed E-state index contributed by atoms with van der Waals surface area (Å²) in [5.74, 6) is 0.958. The summed E-state index contributed by atoms with van der Waals surface area (Å²) in [6.45, 7) is 10.9. The van der Waals surface area contributed by atoms with Gasteiger partial charge in [0.05, 0.1) is 12.7 Å². The Balaban J connectivity index is 1.80. The molecule has 1 aliphatic heterocycles. The lowest BCUT2D eigenvalue weighted by Gasteiger charge is -2.40. The fraction of sp³-hybridized carbons (Fsp3) is 1.00. The topological polar surface area (TPSA) is 24.5 Å². The van der Waals surface area contributed by atoms with Gasteiger partial charge in [-0.05, 0) is 39.0 Å². The molecule has 2 atom stereocenters. The first-order valence-corrected chi connectivity index (χ1v) is 7.29. The maximum atomic E-state index is 5.70. The zero-order valence-electron chi connectivity index (χ0n) is 11.6. The van der Waals surface area contributed by atoms with Gasteiger partial charge in [-0.15, -0.1) is 0 Å². The molecule has 1 saturated heterocycles. The molecule has 0 amide bonds. The number of piperazine rings is 1. The summed E-state index contributed by atoms with van der Waals surface area (Å²) in [6.07, 6.45) is 4.47. The van der Waals surface area contributed by atoms with E-state index in [4.69, 9.17) is 4.74 Å². The molecule has 1 saturated carbocycles. The van der Waals surface area contributed by atoms with E-state index in [1.54, 1.807) is 0 Å². The van der Waals surface area contributed by atoms with Gasteiger partial charge in [0.25, 0.3) is 0 Å². The zero-order valence-corrected chi connectivity index (χ0v) is 11.6. The molecule has 1 aliphatic carbocycles. The Hall–Kier alpha value is -0.120. The van der Waals surface area contributed by atoms with Crippen LogP contribution in [0.4, 0.5) is 0 Å². The Kier molecular flexibility index (Phi) is 4.83. The molecule has 0 spiro atoms. The van der Waals surface area contributed by atoms with Crippen molar-refractivity contribution in [2.45, 2.75) is 58.2 Å². The Bertz CT molecular complexity index is 228. The number of rotatable bonds is 6. The molecule has 2 aliphatic rings. The summed E-state index contributed by atoms with van der Waals surface area (Å²) in [7, 11) is 0. The Morgan fingerprint density at radius 3 is 2.71 bits per heavy atom. The molecule has 0 radical (unpaired) electrons. The van der Waals surface area contributed by atoms with E-state index in [1.165, 1.54) is 32.4 Å². The highest BCUT2D eigenvalue weighted by Crippen LogP contribution is 2.36. The normalized spacial score (nSPS) is 31.1. The summed E-state index contributed by atoms with van der Waals surface area (Å²) in [5, 5.41) is 3.69. The summed E-state index contributed by atoms with van der Waals surface area (Å²) in [6, 6.07) is 1.46. The average Bonchev–Trinajstić information content (AvgIpc) is 3.12. The first-order valence-electron chi connectivity index (χ1n) is 7.29. The van der Waals surface area contributed by atoms with Crippen molar-refractivity contribution in [3.05, 3.63) is 0 Å². The Morgan fingerprint density at radius 1 is 1.35 bits per heavy atom. The van der Waals surface area contributed by atoms with E-state index in [2.05, 4.69) is 31.0 Å². The largest absolute Gasteiger partial charge is 0.377 e. The minimum Gasteiger partial charge on any atom is -0.377 e. The van der Waals surface area contributed by atoms with Gasteiger partial charge >= 0.3 is 0 Å². The van der Waals surface area contributed by atoms with Gasteiger partial charge in [-0.1, -0.05) is 6.92 Å². The molecule has 2 unspecified atom stereocenters. The van der Waals surface area contributed by atoms with Crippen LogP contribution in [0, 0.1) is 5.92 Å². The van der Waals surface area contributed by atoms with Crippen LogP contribution in [0.5, 0.6) is 0 Å². The van der Waals surface area contributed by atoms with E-state index in [-0.39, 0.29) is 0 Å². The van der Waals surface area contributed by atoms with Gasteiger partial charge in [0, 0.05) is 31.7 Å². The van der Waals surface area contributed by atoms with E-state index in [0.717, 1.165) is 25.1 Å². The molecule has 0 aromatic rings. The highest BCUT2D eigenvalue weighted by Gasteiger charge is 2.38. The van der Waals surface area contributed by atoms with Gasteiger partial charge in [0.15, 0.2) is 0 Å². The zero-order chi connectivity index (χ0) is 12.3. The smallest absolute Gasteiger partial charge is 0.0597 e. The second-order valence-corrected chi connectivity index (χ2v) is 5.83. The van der Waals surface area contributed by atoms with E-state index in [1.807, 2.05) is 0 Å². The summed E-state index contributed by atoms with van der Waals surface area (Å²) >= 11 is 0. The molecule has 2 fully saturated rings. The number of ether oxygens (including phenoxy) is 1. The lowest BCUT2D eigenvalue weighted by atomic mass is 10.0. The van der Waals surface area contributed by atoms with Crippen LogP contribution in [0.3, 0.4) is 0 Å². The van der Waals surface area contributed by atoms with Crippen LogP contribution in [0.2, 0.25) is 0 Å². The van der Waals surface area contributed by atoms with Crippen molar-refractivity contribution < 1.29 is 4.74 Å². The molecule has 3 nitrogen and oxygen atoms in total. The first-order chi connectivity index (χ1) is 8.20. The van der Waals surface area contributed by atoms with E-state index < -0.39 is 0 Å². The van der Waals surface area contributed by atoms with Crippen molar-refractivity contribution in [1.82, 2.24) is 10.2 Å². The SMILES string of the molecule is CCC1CN(CCOC(C)C)C(C2CC2)CN1. The van der Waals surface area contributed by atoms with Crippen LogP contribution in [0.15, 0.2) is 0 Å². The molecule has 17 heavy (non-hydrogen) atoms. The van der Waals surface area contributed by atoms with Crippen molar-refractivity contribution in [2.75, 3.05) is 26.2 Å². The van der Waals surface area contributed by atoms with Gasteiger partial charge in [0.1, 0.15) is 0 Å². The molecule has 2 rings (SSSR count). The summed E-state index contributed by atoms with van der Waals surface area (Å²) in [4.78, 5) is 2.67. The second-order valence-electron chi connectivity index (χ2n) is 5.83. The van der Waals surface area contributed by atoms with Crippen LogP contribution < -0.4 is 5.32 Å². The predicted octanol–water partition coefficient (Wildman–Crippen LogP) is 1.87. The van der Waals surface area contributed by atoms with Gasteiger partial charge in [0.2, 0.25) is 0 Å². The second kappa shape index (κ2) is 6.17. The fourth-order valence-electron chi connectivity index (χ4n) is 2.78. The number of nitrogens with one attached hydrogen (secondary N) is 1. The van der Waals surface area contributed by atoms with Gasteiger partial charge in [-0.2, -0.15) is 0 Å². The maximum absolute atomic E-state index is 5.70. The standard InChI is InChI=1S/C14H28N2O/c1-4-13-10-16(7-8-17-11(2)3)14(9-15-13)12-5-6-12/h11-15H,4-10H2,1-3H3. The van der Waals surface area contributed by atoms with Gasteiger partial charge in [-0.25, -0.2) is 0 Å². The van der Waals surface area contributed by atoms with Crippen LogP contribution in [0.25, 0.3) is 0 Å². The highest BCUT2D eigenvalue weighted by molar-refractivity contribution is 4.94. The third-order valence-corrected chi connectivity index (χ3v) is 4.03. The minimum atomic E-state index is 0.360. The fourth-order valence-corrected chi connectivity index (χ4v) is 2.78. The Morgan fingerprint density at radius 2 is 2.12 bits per heavy atom. The average molecular weight is 240 g/mol. The monoisotopic (exact) mass is 240 g/mol. The molecule has 100 valence electrons. The third-order valence-electron chi connectivity index (χ3n) is 4.03. The predicted molar refractivity (Wildman–Crippen MR) is 71.3 cm³/mol. The Labute approximate surface area is 106 Å². The van der Waals surface area contributed by atoms with Crippen molar-refractivity contribution in [3.8, 4) is 0 Å². The third kappa shape index (κ3) is 3.94. The lowest BCUT2D eigenvalue weighted by molar-refractivity contribution is 0.0320. The van der Waals surface area contributed by atoms with Crippen molar-refractivity contribution in [1.29, 1.82) is 0 Å². The van der Waals surface area contributed by atoms with Crippen molar-refractivity contribution in [3.63, 3.8) is 0 Å². The van der Waals surface area contributed by atoms with E-state index >= 15 is 0 Å². The van der Waals surface area contributed by atoms with Gasteiger partial charge < -0.3 is 10.1 Å². The van der Waals surface area contributed by atoms with Gasteiger partial charge in [-0.3, -0.25) is 4.90 Å². The maximum Gasteiger partial charge on any atom is 0.0597 e. The number of hydrogen-bond acceptors (Lipinski definition) is 3. The molecular formula is C14H28N2O. The van der Waals surface area contributed by atoms with E-state index in [9.17, 15) is 0 Å². The van der Waals surface area contributed by atoms with Crippen LogP contribution in [-0.4, -0.2) is 49.3 Å². The molecule has 1 heterocycles. The van der Waals surface area contributed by atoms with Crippen LogP contribution in [0.1, 0.15) is 40.0 Å². The highest BCUT2D eigenvalue weighted by atomic mass is 16.5. The van der Waals surface area contributed by atoms with Crippen LogP contribution >= 0.6 is 0 Å². The molecule has 1 N–H and O–H groups in total. The first kappa shape index (κ1) is 13.3.